The molecule has 0 bridgehead atoms. The lowest BCUT2D eigenvalue weighted by molar-refractivity contribution is 0.419. The molecule has 3 rings (SSSR count). The van der Waals surface area contributed by atoms with E-state index >= 15 is 0 Å². The minimum atomic E-state index is 0.371. The van der Waals surface area contributed by atoms with Gasteiger partial charge < -0.3 is 9.73 Å². The molecule has 2 nitrogen and oxygen atoms in total. The zero-order chi connectivity index (χ0) is 12.9. The average Bonchev–Trinajstić information content (AvgIpc) is 3.08. The van der Waals surface area contributed by atoms with Gasteiger partial charge in [0.25, 0.3) is 0 Å². The predicted molar refractivity (Wildman–Crippen MR) is 77.9 cm³/mol. The summed E-state index contributed by atoms with van der Waals surface area (Å²) < 4.78 is 7.25. The second-order valence-electron chi connectivity index (χ2n) is 5.30. The molecule has 1 N–H and O–H groups in total. The van der Waals surface area contributed by atoms with Crippen molar-refractivity contribution < 1.29 is 4.42 Å². The summed E-state index contributed by atoms with van der Waals surface area (Å²) in [5, 5.41) is 4.61. The summed E-state index contributed by atoms with van der Waals surface area (Å²) in [7, 11) is 2.02. The first-order valence-corrected chi connectivity index (χ1v) is 7.27. The van der Waals surface area contributed by atoms with Crippen molar-refractivity contribution in [3.05, 3.63) is 33.5 Å². The van der Waals surface area contributed by atoms with Crippen LogP contribution in [0.2, 0.25) is 0 Å². The van der Waals surface area contributed by atoms with E-state index in [9.17, 15) is 0 Å². The summed E-state index contributed by atoms with van der Waals surface area (Å²) >= 11 is 3.65. The van der Waals surface area contributed by atoms with E-state index in [1.807, 2.05) is 7.05 Å². The van der Waals surface area contributed by atoms with Crippen LogP contribution in [0.3, 0.4) is 0 Å². The first-order chi connectivity index (χ1) is 8.61. The van der Waals surface area contributed by atoms with E-state index in [-0.39, 0.29) is 0 Å². The SMILES string of the molecule is CNC(c1cc2c(C)c(Br)c(C)cc2o1)C1CC1. The molecular formula is C15H18BrNO. The summed E-state index contributed by atoms with van der Waals surface area (Å²) in [5.41, 5.74) is 3.50. The molecule has 1 aromatic heterocycles. The largest absolute Gasteiger partial charge is 0.459 e. The molecule has 1 saturated carbocycles. The number of furan rings is 1. The van der Waals surface area contributed by atoms with Crippen LogP contribution in [0.1, 0.15) is 35.8 Å². The minimum absolute atomic E-state index is 0.371. The molecule has 2 aromatic rings. The van der Waals surface area contributed by atoms with Crippen molar-refractivity contribution in [2.45, 2.75) is 32.7 Å². The number of halogens is 1. The van der Waals surface area contributed by atoms with Crippen molar-refractivity contribution in [1.82, 2.24) is 5.32 Å². The Morgan fingerprint density at radius 3 is 2.67 bits per heavy atom. The summed E-state index contributed by atoms with van der Waals surface area (Å²) in [6.07, 6.45) is 2.62. The molecule has 18 heavy (non-hydrogen) atoms. The molecule has 1 aliphatic carbocycles. The fourth-order valence-corrected chi connectivity index (χ4v) is 3.02. The van der Waals surface area contributed by atoms with Gasteiger partial charge in [0.05, 0.1) is 6.04 Å². The van der Waals surface area contributed by atoms with Crippen LogP contribution < -0.4 is 5.32 Å². The van der Waals surface area contributed by atoms with E-state index in [1.54, 1.807) is 0 Å². The second kappa shape index (κ2) is 4.39. The van der Waals surface area contributed by atoms with E-state index in [4.69, 9.17) is 4.42 Å². The molecular weight excluding hydrogens is 290 g/mol. The van der Waals surface area contributed by atoms with Crippen LogP contribution in [0.5, 0.6) is 0 Å². The van der Waals surface area contributed by atoms with Crippen LogP contribution in [0.4, 0.5) is 0 Å². The van der Waals surface area contributed by atoms with E-state index in [0.717, 1.165) is 17.3 Å². The zero-order valence-corrected chi connectivity index (χ0v) is 12.6. The van der Waals surface area contributed by atoms with Crippen molar-refractivity contribution in [1.29, 1.82) is 0 Å². The third-order valence-electron chi connectivity index (χ3n) is 3.92. The van der Waals surface area contributed by atoms with Gasteiger partial charge in [-0.25, -0.2) is 0 Å². The summed E-state index contributed by atoms with van der Waals surface area (Å²) in [4.78, 5) is 0. The first kappa shape index (κ1) is 12.2. The van der Waals surface area contributed by atoms with Gasteiger partial charge in [-0.3, -0.25) is 0 Å². The van der Waals surface area contributed by atoms with Crippen LogP contribution in [0.15, 0.2) is 21.0 Å². The Bertz CT molecular complexity index is 598. The van der Waals surface area contributed by atoms with Gasteiger partial charge in [0.1, 0.15) is 11.3 Å². The summed E-state index contributed by atoms with van der Waals surface area (Å²) in [5.74, 6) is 1.83. The normalized spacial score (nSPS) is 17.3. The number of nitrogens with one attached hydrogen (secondary N) is 1. The highest BCUT2D eigenvalue weighted by Gasteiger charge is 2.33. The maximum atomic E-state index is 6.06. The lowest BCUT2D eigenvalue weighted by atomic mass is 10.1. The lowest BCUT2D eigenvalue weighted by Gasteiger charge is -2.11. The standard InChI is InChI=1S/C15H18BrNO/c1-8-6-12-11(9(2)14(8)16)7-13(18-12)15(17-3)10-4-5-10/h6-7,10,15,17H,4-5H2,1-3H3. The molecule has 1 aromatic carbocycles. The quantitative estimate of drug-likeness (QED) is 0.904. The Balaban J connectivity index is 2.13. The van der Waals surface area contributed by atoms with Gasteiger partial charge in [-0.05, 0) is 62.9 Å². The van der Waals surface area contributed by atoms with Gasteiger partial charge >= 0.3 is 0 Å². The third kappa shape index (κ3) is 1.90. The Kier molecular flexibility index (Phi) is 2.99. The van der Waals surface area contributed by atoms with Gasteiger partial charge in [-0.15, -0.1) is 0 Å². The van der Waals surface area contributed by atoms with Crippen molar-refractivity contribution >= 4 is 26.9 Å². The number of hydrogen-bond donors (Lipinski definition) is 1. The van der Waals surface area contributed by atoms with Crippen LogP contribution in [-0.4, -0.2) is 7.05 Å². The van der Waals surface area contributed by atoms with E-state index in [2.05, 4.69) is 47.2 Å². The topological polar surface area (TPSA) is 25.2 Å². The number of rotatable bonds is 3. The summed E-state index contributed by atoms with van der Waals surface area (Å²) in [6.45, 7) is 4.25. The Morgan fingerprint density at radius 2 is 2.06 bits per heavy atom. The molecule has 3 heteroatoms. The molecule has 0 radical (unpaired) electrons. The van der Waals surface area contributed by atoms with Crippen LogP contribution in [-0.2, 0) is 0 Å². The third-order valence-corrected chi connectivity index (χ3v) is 5.14. The number of fused-ring (bicyclic) bond motifs is 1. The maximum Gasteiger partial charge on any atom is 0.134 e. The first-order valence-electron chi connectivity index (χ1n) is 6.48. The highest BCUT2D eigenvalue weighted by atomic mass is 79.9. The monoisotopic (exact) mass is 307 g/mol. The van der Waals surface area contributed by atoms with Crippen molar-refractivity contribution in [2.24, 2.45) is 5.92 Å². The number of aryl methyl sites for hydroxylation is 2. The Morgan fingerprint density at radius 1 is 1.33 bits per heavy atom. The van der Waals surface area contributed by atoms with Gasteiger partial charge in [0.15, 0.2) is 0 Å². The molecule has 1 unspecified atom stereocenters. The fraction of sp³-hybridized carbons (Fsp3) is 0.467. The molecule has 0 saturated heterocycles. The Hall–Kier alpha value is -0.800. The molecule has 96 valence electrons. The van der Waals surface area contributed by atoms with Gasteiger partial charge in [-0.1, -0.05) is 15.9 Å². The molecule has 1 heterocycles. The van der Waals surface area contributed by atoms with Crippen molar-refractivity contribution in [3.63, 3.8) is 0 Å². The molecule has 1 fully saturated rings. The van der Waals surface area contributed by atoms with Crippen molar-refractivity contribution in [3.8, 4) is 0 Å². The number of benzene rings is 1. The molecule has 0 amide bonds. The van der Waals surface area contributed by atoms with Crippen molar-refractivity contribution in [2.75, 3.05) is 7.05 Å². The maximum absolute atomic E-state index is 6.06. The van der Waals surface area contributed by atoms with E-state index in [1.165, 1.54) is 33.8 Å². The molecule has 1 atom stereocenters. The Labute approximate surface area is 116 Å². The van der Waals surface area contributed by atoms with Crippen LogP contribution in [0, 0.1) is 19.8 Å². The zero-order valence-electron chi connectivity index (χ0n) is 11.0. The number of hydrogen-bond acceptors (Lipinski definition) is 2. The van der Waals surface area contributed by atoms with Gasteiger partial charge in [0.2, 0.25) is 0 Å². The molecule has 1 aliphatic rings. The van der Waals surface area contributed by atoms with E-state index in [0.29, 0.717) is 6.04 Å². The summed E-state index contributed by atoms with van der Waals surface area (Å²) in [6, 6.07) is 4.69. The average molecular weight is 308 g/mol. The highest BCUT2D eigenvalue weighted by molar-refractivity contribution is 9.10. The van der Waals surface area contributed by atoms with Gasteiger partial charge in [-0.2, -0.15) is 0 Å². The smallest absolute Gasteiger partial charge is 0.134 e. The molecule has 0 spiro atoms. The van der Waals surface area contributed by atoms with Crippen LogP contribution >= 0.6 is 15.9 Å². The molecule has 0 aliphatic heterocycles. The lowest BCUT2D eigenvalue weighted by Crippen LogP contribution is -2.17. The fourth-order valence-electron chi connectivity index (χ4n) is 2.69. The van der Waals surface area contributed by atoms with E-state index < -0.39 is 0 Å². The van der Waals surface area contributed by atoms with Gasteiger partial charge in [0, 0.05) is 9.86 Å². The minimum Gasteiger partial charge on any atom is -0.459 e. The van der Waals surface area contributed by atoms with Crippen LogP contribution in [0.25, 0.3) is 11.0 Å². The predicted octanol–water partition coefficient (Wildman–Crippen LogP) is 4.48. The highest BCUT2D eigenvalue weighted by Crippen LogP contribution is 2.43. The second-order valence-corrected chi connectivity index (χ2v) is 6.09.